The van der Waals surface area contributed by atoms with E-state index in [-0.39, 0.29) is 18.5 Å². The fourth-order valence-corrected chi connectivity index (χ4v) is 2.26. The molecule has 1 saturated heterocycles. The van der Waals surface area contributed by atoms with Crippen molar-refractivity contribution in [2.24, 2.45) is 11.8 Å². The summed E-state index contributed by atoms with van der Waals surface area (Å²) in [6.45, 7) is 4.37. The molecule has 1 aromatic heterocycles. The molecular weight excluding hydrogens is 246 g/mol. The lowest BCUT2D eigenvalue weighted by molar-refractivity contribution is -0.142. The first-order valence-corrected chi connectivity index (χ1v) is 6.19. The Morgan fingerprint density at radius 2 is 2.21 bits per heavy atom. The van der Waals surface area contributed by atoms with Crippen molar-refractivity contribution in [1.82, 2.24) is 9.88 Å². The first-order chi connectivity index (χ1) is 8.99. The van der Waals surface area contributed by atoms with Gasteiger partial charge in [-0.2, -0.15) is 0 Å². The summed E-state index contributed by atoms with van der Waals surface area (Å²) < 4.78 is 0. The van der Waals surface area contributed by atoms with Crippen LogP contribution in [0.25, 0.3) is 0 Å². The molecule has 1 aliphatic heterocycles. The normalized spacial score (nSPS) is 22.3. The van der Waals surface area contributed by atoms with E-state index in [9.17, 15) is 9.59 Å². The van der Waals surface area contributed by atoms with Gasteiger partial charge in [0, 0.05) is 19.3 Å². The van der Waals surface area contributed by atoms with Gasteiger partial charge < -0.3 is 15.3 Å². The standard InChI is InChI=1S/C13H17N3O3/c1-8-6-16(7-10(8)12(17)18)13(19)15-11-4-3-5-14-9(11)2/h3-5,8,10H,6-7H2,1-2H3,(H,15,19)(H,17,18). The summed E-state index contributed by atoms with van der Waals surface area (Å²) in [6.07, 6.45) is 1.66. The average molecular weight is 263 g/mol. The summed E-state index contributed by atoms with van der Waals surface area (Å²) in [4.78, 5) is 28.7. The zero-order valence-electron chi connectivity index (χ0n) is 11.0. The van der Waals surface area contributed by atoms with E-state index in [1.807, 2.05) is 13.8 Å². The molecule has 0 aromatic carbocycles. The molecule has 6 nitrogen and oxygen atoms in total. The summed E-state index contributed by atoms with van der Waals surface area (Å²) in [6, 6.07) is 3.25. The Morgan fingerprint density at radius 1 is 1.47 bits per heavy atom. The highest BCUT2D eigenvalue weighted by Crippen LogP contribution is 2.24. The second-order valence-corrected chi connectivity index (χ2v) is 4.89. The highest BCUT2D eigenvalue weighted by atomic mass is 16.4. The quantitative estimate of drug-likeness (QED) is 0.848. The number of hydrogen-bond donors (Lipinski definition) is 2. The number of carboxylic acids is 1. The second kappa shape index (κ2) is 5.26. The van der Waals surface area contributed by atoms with Crippen molar-refractivity contribution in [1.29, 1.82) is 0 Å². The Bertz CT molecular complexity index is 504. The maximum Gasteiger partial charge on any atom is 0.321 e. The van der Waals surface area contributed by atoms with Crippen LogP contribution in [0.2, 0.25) is 0 Å². The van der Waals surface area contributed by atoms with Crippen LogP contribution in [0.5, 0.6) is 0 Å². The number of hydrogen-bond acceptors (Lipinski definition) is 3. The molecule has 1 fully saturated rings. The van der Waals surface area contributed by atoms with E-state index in [4.69, 9.17) is 5.11 Å². The van der Waals surface area contributed by atoms with Gasteiger partial charge in [0.05, 0.1) is 17.3 Å². The number of amides is 2. The highest BCUT2D eigenvalue weighted by molar-refractivity contribution is 5.90. The Balaban J connectivity index is 2.02. The van der Waals surface area contributed by atoms with Gasteiger partial charge in [0.15, 0.2) is 0 Å². The van der Waals surface area contributed by atoms with E-state index in [0.717, 1.165) is 5.69 Å². The number of carbonyl (C=O) groups is 2. The Labute approximate surface area is 111 Å². The summed E-state index contributed by atoms with van der Waals surface area (Å²) in [5.74, 6) is -1.36. The van der Waals surface area contributed by atoms with E-state index in [1.165, 1.54) is 4.90 Å². The van der Waals surface area contributed by atoms with E-state index in [1.54, 1.807) is 18.3 Å². The summed E-state index contributed by atoms with van der Waals surface area (Å²) in [5, 5.41) is 11.8. The summed E-state index contributed by atoms with van der Waals surface area (Å²) in [7, 11) is 0. The number of pyridine rings is 1. The predicted molar refractivity (Wildman–Crippen MR) is 69.9 cm³/mol. The topological polar surface area (TPSA) is 82.5 Å². The molecule has 1 aliphatic rings. The second-order valence-electron chi connectivity index (χ2n) is 4.89. The first-order valence-electron chi connectivity index (χ1n) is 6.19. The van der Waals surface area contributed by atoms with Crippen molar-refractivity contribution in [3.63, 3.8) is 0 Å². The average Bonchev–Trinajstić information content (AvgIpc) is 2.74. The Kier molecular flexibility index (Phi) is 3.69. The molecule has 2 unspecified atom stereocenters. The van der Waals surface area contributed by atoms with Crippen LogP contribution >= 0.6 is 0 Å². The van der Waals surface area contributed by atoms with Gasteiger partial charge in [-0.25, -0.2) is 4.79 Å². The number of carbonyl (C=O) groups excluding carboxylic acids is 1. The first kappa shape index (κ1) is 13.3. The van der Waals surface area contributed by atoms with Crippen LogP contribution in [-0.2, 0) is 4.79 Å². The number of carboxylic acid groups (broad SMARTS) is 1. The molecular formula is C13H17N3O3. The summed E-state index contributed by atoms with van der Waals surface area (Å²) in [5.41, 5.74) is 1.39. The molecule has 2 amide bonds. The minimum absolute atomic E-state index is 0.0294. The lowest BCUT2D eigenvalue weighted by Crippen LogP contribution is -2.34. The molecule has 2 heterocycles. The van der Waals surface area contributed by atoms with Gasteiger partial charge in [0.1, 0.15) is 0 Å². The minimum atomic E-state index is -0.847. The number of rotatable bonds is 2. The Hall–Kier alpha value is -2.11. The molecule has 0 aliphatic carbocycles. The molecule has 2 N–H and O–H groups in total. The van der Waals surface area contributed by atoms with Gasteiger partial charge in [-0.05, 0) is 25.0 Å². The van der Waals surface area contributed by atoms with Gasteiger partial charge >= 0.3 is 12.0 Å². The summed E-state index contributed by atoms with van der Waals surface area (Å²) >= 11 is 0. The fourth-order valence-electron chi connectivity index (χ4n) is 2.26. The van der Waals surface area contributed by atoms with Gasteiger partial charge in [-0.15, -0.1) is 0 Å². The van der Waals surface area contributed by atoms with Crippen LogP contribution in [0, 0.1) is 18.8 Å². The van der Waals surface area contributed by atoms with Crippen LogP contribution in [0.1, 0.15) is 12.6 Å². The predicted octanol–water partition coefficient (Wildman–Crippen LogP) is 1.57. The number of likely N-dealkylation sites (tertiary alicyclic amines) is 1. The van der Waals surface area contributed by atoms with Crippen molar-refractivity contribution in [2.75, 3.05) is 18.4 Å². The monoisotopic (exact) mass is 263 g/mol. The molecule has 2 atom stereocenters. The van der Waals surface area contributed by atoms with Crippen molar-refractivity contribution in [3.05, 3.63) is 24.0 Å². The van der Waals surface area contributed by atoms with Crippen LogP contribution in [0.15, 0.2) is 18.3 Å². The molecule has 2 rings (SSSR count). The third kappa shape index (κ3) is 2.83. The lowest BCUT2D eigenvalue weighted by Gasteiger charge is -2.17. The van der Waals surface area contributed by atoms with Crippen LogP contribution < -0.4 is 5.32 Å². The Morgan fingerprint density at radius 3 is 2.79 bits per heavy atom. The van der Waals surface area contributed by atoms with Gasteiger partial charge in [-0.3, -0.25) is 9.78 Å². The van der Waals surface area contributed by atoms with Crippen LogP contribution in [0.4, 0.5) is 10.5 Å². The third-order valence-electron chi connectivity index (χ3n) is 3.47. The lowest BCUT2D eigenvalue weighted by atomic mass is 9.99. The van der Waals surface area contributed by atoms with Crippen LogP contribution in [-0.4, -0.2) is 40.1 Å². The van der Waals surface area contributed by atoms with E-state index >= 15 is 0 Å². The largest absolute Gasteiger partial charge is 0.481 e. The smallest absolute Gasteiger partial charge is 0.321 e. The number of aliphatic carboxylic acids is 1. The number of urea groups is 1. The van der Waals surface area contributed by atoms with Gasteiger partial charge in [0.25, 0.3) is 0 Å². The van der Waals surface area contributed by atoms with Crippen molar-refractivity contribution in [3.8, 4) is 0 Å². The zero-order valence-corrected chi connectivity index (χ0v) is 11.0. The van der Waals surface area contributed by atoms with Gasteiger partial charge in [-0.1, -0.05) is 6.92 Å². The third-order valence-corrected chi connectivity index (χ3v) is 3.47. The number of nitrogens with one attached hydrogen (secondary N) is 1. The highest BCUT2D eigenvalue weighted by Gasteiger charge is 2.37. The number of aromatic nitrogens is 1. The number of aryl methyl sites for hydroxylation is 1. The van der Waals surface area contributed by atoms with E-state index in [0.29, 0.717) is 12.2 Å². The molecule has 0 bridgehead atoms. The molecule has 6 heteroatoms. The molecule has 0 saturated carbocycles. The number of anilines is 1. The number of nitrogens with zero attached hydrogens (tertiary/aromatic N) is 2. The van der Waals surface area contributed by atoms with Crippen molar-refractivity contribution in [2.45, 2.75) is 13.8 Å². The maximum absolute atomic E-state index is 12.1. The zero-order chi connectivity index (χ0) is 14.0. The maximum atomic E-state index is 12.1. The molecule has 0 radical (unpaired) electrons. The van der Waals surface area contributed by atoms with Crippen molar-refractivity contribution < 1.29 is 14.7 Å². The van der Waals surface area contributed by atoms with Crippen LogP contribution in [0.3, 0.4) is 0 Å². The molecule has 19 heavy (non-hydrogen) atoms. The minimum Gasteiger partial charge on any atom is -0.481 e. The molecule has 102 valence electrons. The van der Waals surface area contributed by atoms with Crippen molar-refractivity contribution >= 4 is 17.7 Å². The SMILES string of the molecule is Cc1ncccc1NC(=O)N1CC(C)C(C(=O)O)C1. The molecule has 0 spiro atoms. The molecule has 1 aromatic rings. The van der Waals surface area contributed by atoms with E-state index in [2.05, 4.69) is 10.3 Å². The fraction of sp³-hybridized carbons (Fsp3) is 0.462. The van der Waals surface area contributed by atoms with E-state index < -0.39 is 11.9 Å². The van der Waals surface area contributed by atoms with Gasteiger partial charge in [0.2, 0.25) is 0 Å².